The van der Waals surface area contributed by atoms with E-state index in [1.165, 1.54) is 18.2 Å². The van der Waals surface area contributed by atoms with E-state index in [0.29, 0.717) is 0 Å². The van der Waals surface area contributed by atoms with Crippen LogP contribution in [0.3, 0.4) is 0 Å². The zero-order chi connectivity index (χ0) is 10.0. The summed E-state index contributed by atoms with van der Waals surface area (Å²) in [5, 5.41) is 10.5. The van der Waals surface area contributed by atoms with E-state index in [9.17, 15) is 14.9 Å². The Labute approximate surface area is 81.8 Å². The molecule has 0 aliphatic rings. The van der Waals surface area contributed by atoms with Crippen molar-refractivity contribution >= 4 is 27.5 Å². The lowest BCUT2D eigenvalue weighted by molar-refractivity contribution is -0.385. The number of hydrogen-bond acceptors (Lipinski definition) is 3. The maximum absolute atomic E-state index is 10.8. The van der Waals surface area contributed by atoms with Crippen molar-refractivity contribution in [2.75, 3.05) is 0 Å². The minimum absolute atomic E-state index is 0.0978. The summed E-state index contributed by atoms with van der Waals surface area (Å²) in [5.74, 6) is -0.812. The van der Waals surface area contributed by atoms with Gasteiger partial charge in [0.1, 0.15) is 5.56 Å². The molecule has 1 aromatic carbocycles. The van der Waals surface area contributed by atoms with Crippen LogP contribution in [-0.2, 0) is 0 Å². The van der Waals surface area contributed by atoms with Gasteiger partial charge >= 0.3 is 0 Å². The number of nitro benzene ring substituents is 1. The number of benzene rings is 1. The predicted molar refractivity (Wildman–Crippen MR) is 49.3 cm³/mol. The van der Waals surface area contributed by atoms with E-state index in [-0.39, 0.29) is 15.7 Å². The van der Waals surface area contributed by atoms with Gasteiger partial charge in [0.05, 0.1) is 9.40 Å². The molecule has 0 radical (unpaired) electrons. The fraction of sp³-hybridized carbons (Fsp3) is 0. The van der Waals surface area contributed by atoms with E-state index in [0.717, 1.165) is 0 Å². The van der Waals surface area contributed by atoms with Crippen molar-refractivity contribution in [3.05, 3.63) is 38.3 Å². The number of carbonyl (C=O) groups excluding carboxylic acids is 1. The SMILES string of the molecule is NC(=O)c1cccc(Br)c1[N+](=O)[O-]. The highest BCUT2D eigenvalue weighted by atomic mass is 79.9. The van der Waals surface area contributed by atoms with Gasteiger partial charge in [0.2, 0.25) is 0 Å². The van der Waals surface area contributed by atoms with Crippen LogP contribution < -0.4 is 5.73 Å². The van der Waals surface area contributed by atoms with Crippen molar-refractivity contribution < 1.29 is 9.72 Å². The first-order chi connectivity index (χ1) is 6.04. The molecule has 0 aliphatic heterocycles. The third-order valence-electron chi connectivity index (χ3n) is 1.43. The van der Waals surface area contributed by atoms with Crippen molar-refractivity contribution in [3.63, 3.8) is 0 Å². The lowest BCUT2D eigenvalue weighted by atomic mass is 10.2. The molecule has 1 rings (SSSR count). The summed E-state index contributed by atoms with van der Waals surface area (Å²) in [6, 6.07) is 4.30. The number of rotatable bonds is 2. The fourth-order valence-electron chi connectivity index (χ4n) is 0.900. The summed E-state index contributed by atoms with van der Waals surface area (Å²) in [6.07, 6.45) is 0. The zero-order valence-electron chi connectivity index (χ0n) is 6.36. The summed E-state index contributed by atoms with van der Waals surface area (Å²) >= 11 is 2.97. The van der Waals surface area contributed by atoms with Crippen molar-refractivity contribution in [2.45, 2.75) is 0 Å². The average Bonchev–Trinajstić information content (AvgIpc) is 2.02. The van der Waals surface area contributed by atoms with E-state index >= 15 is 0 Å². The first kappa shape index (κ1) is 9.66. The molecule has 68 valence electrons. The molecule has 0 aliphatic carbocycles. The van der Waals surface area contributed by atoms with Crippen LogP contribution in [0, 0.1) is 10.1 Å². The molecular formula is C7H5BrN2O3. The average molecular weight is 245 g/mol. The molecule has 0 unspecified atom stereocenters. The molecule has 0 fully saturated rings. The van der Waals surface area contributed by atoms with Gasteiger partial charge in [-0.15, -0.1) is 0 Å². The van der Waals surface area contributed by atoms with E-state index in [4.69, 9.17) is 5.73 Å². The van der Waals surface area contributed by atoms with Gasteiger partial charge in [-0.1, -0.05) is 6.07 Å². The maximum Gasteiger partial charge on any atom is 0.296 e. The smallest absolute Gasteiger partial charge is 0.296 e. The lowest BCUT2D eigenvalue weighted by Gasteiger charge is -1.99. The number of hydrogen-bond donors (Lipinski definition) is 1. The molecule has 0 heterocycles. The molecule has 1 amide bonds. The van der Waals surface area contributed by atoms with Crippen LogP contribution in [0.2, 0.25) is 0 Å². The van der Waals surface area contributed by atoms with E-state index in [2.05, 4.69) is 15.9 Å². The Kier molecular flexibility index (Phi) is 2.62. The highest BCUT2D eigenvalue weighted by Gasteiger charge is 2.20. The quantitative estimate of drug-likeness (QED) is 0.631. The first-order valence-corrected chi connectivity index (χ1v) is 4.06. The lowest BCUT2D eigenvalue weighted by Crippen LogP contribution is -2.13. The molecule has 0 aromatic heterocycles. The summed E-state index contributed by atoms with van der Waals surface area (Å²) in [5.41, 5.74) is 4.56. The third kappa shape index (κ3) is 1.83. The van der Waals surface area contributed by atoms with Gasteiger partial charge in [-0.2, -0.15) is 0 Å². The standard InChI is InChI=1S/C7H5BrN2O3/c8-5-3-1-2-4(7(9)11)6(5)10(12)13/h1-3H,(H2,9,11). The number of primary amides is 1. The van der Waals surface area contributed by atoms with Crippen LogP contribution >= 0.6 is 15.9 Å². The summed E-state index contributed by atoms with van der Waals surface area (Å²) in [4.78, 5) is 20.6. The zero-order valence-corrected chi connectivity index (χ0v) is 7.95. The molecule has 1 aromatic rings. The number of nitrogens with zero attached hydrogens (tertiary/aromatic N) is 1. The molecule has 6 heteroatoms. The molecule has 13 heavy (non-hydrogen) atoms. The number of amides is 1. The van der Waals surface area contributed by atoms with Crippen LogP contribution in [0.1, 0.15) is 10.4 Å². The Morgan fingerprint density at radius 3 is 2.54 bits per heavy atom. The second-order valence-electron chi connectivity index (χ2n) is 2.26. The van der Waals surface area contributed by atoms with Crippen molar-refractivity contribution in [2.24, 2.45) is 5.73 Å². The van der Waals surface area contributed by atoms with Crippen LogP contribution in [0.5, 0.6) is 0 Å². The van der Waals surface area contributed by atoms with Crippen LogP contribution in [0.15, 0.2) is 22.7 Å². The van der Waals surface area contributed by atoms with Crippen LogP contribution in [-0.4, -0.2) is 10.8 Å². The minimum atomic E-state index is -0.812. The monoisotopic (exact) mass is 244 g/mol. The summed E-state index contributed by atoms with van der Waals surface area (Å²) in [7, 11) is 0. The van der Waals surface area contributed by atoms with Gasteiger partial charge in [-0.25, -0.2) is 0 Å². The second kappa shape index (κ2) is 3.53. The number of nitro groups is 1. The number of carbonyl (C=O) groups is 1. The molecular weight excluding hydrogens is 240 g/mol. The Bertz CT molecular complexity index is 378. The highest BCUT2D eigenvalue weighted by Crippen LogP contribution is 2.27. The Hall–Kier alpha value is -1.43. The number of para-hydroxylation sites is 1. The van der Waals surface area contributed by atoms with E-state index in [1.807, 2.05) is 0 Å². The second-order valence-corrected chi connectivity index (χ2v) is 3.11. The van der Waals surface area contributed by atoms with E-state index < -0.39 is 10.8 Å². The van der Waals surface area contributed by atoms with Gasteiger partial charge in [0.15, 0.2) is 0 Å². The fourth-order valence-corrected chi connectivity index (χ4v) is 1.41. The largest absolute Gasteiger partial charge is 0.365 e. The first-order valence-electron chi connectivity index (χ1n) is 3.26. The van der Waals surface area contributed by atoms with Gasteiger partial charge in [0.25, 0.3) is 11.6 Å². The van der Waals surface area contributed by atoms with Crippen LogP contribution in [0.25, 0.3) is 0 Å². The normalized spacial score (nSPS) is 9.62. The summed E-state index contributed by atoms with van der Waals surface area (Å²) in [6.45, 7) is 0. The van der Waals surface area contributed by atoms with Gasteiger partial charge in [-0.3, -0.25) is 14.9 Å². The molecule has 0 saturated heterocycles. The summed E-state index contributed by atoms with van der Waals surface area (Å²) < 4.78 is 0.244. The Morgan fingerprint density at radius 2 is 2.15 bits per heavy atom. The Balaban J connectivity index is 3.43. The number of halogens is 1. The minimum Gasteiger partial charge on any atom is -0.365 e. The van der Waals surface area contributed by atoms with Crippen molar-refractivity contribution in [1.29, 1.82) is 0 Å². The molecule has 0 bridgehead atoms. The highest BCUT2D eigenvalue weighted by molar-refractivity contribution is 9.10. The van der Waals surface area contributed by atoms with Crippen molar-refractivity contribution in [3.8, 4) is 0 Å². The van der Waals surface area contributed by atoms with Gasteiger partial charge in [0, 0.05) is 0 Å². The third-order valence-corrected chi connectivity index (χ3v) is 2.07. The Morgan fingerprint density at radius 1 is 1.54 bits per heavy atom. The molecule has 0 saturated carbocycles. The van der Waals surface area contributed by atoms with Gasteiger partial charge in [-0.05, 0) is 28.1 Å². The molecule has 2 N–H and O–H groups in total. The predicted octanol–water partition coefficient (Wildman–Crippen LogP) is 1.46. The maximum atomic E-state index is 10.8. The number of nitrogens with two attached hydrogens (primary N) is 1. The van der Waals surface area contributed by atoms with Crippen molar-refractivity contribution in [1.82, 2.24) is 0 Å². The van der Waals surface area contributed by atoms with Gasteiger partial charge < -0.3 is 5.73 Å². The van der Waals surface area contributed by atoms with Crippen LogP contribution in [0.4, 0.5) is 5.69 Å². The molecule has 0 atom stereocenters. The van der Waals surface area contributed by atoms with E-state index in [1.54, 1.807) is 0 Å². The molecule has 5 nitrogen and oxygen atoms in total. The topological polar surface area (TPSA) is 86.2 Å². The molecule has 0 spiro atoms.